The Morgan fingerprint density at radius 3 is 2.14 bits per heavy atom. The van der Waals surface area contributed by atoms with Gasteiger partial charge in [-0.25, -0.2) is 0 Å². The fraction of sp³-hybridized carbons (Fsp3) is 0.882. The Bertz CT molecular complexity index is 475. The third-order valence-electron chi connectivity index (χ3n) is 5.36. The lowest BCUT2D eigenvalue weighted by Gasteiger charge is -2.51. The van der Waals surface area contributed by atoms with E-state index in [1.165, 1.54) is 32.1 Å². The topological polar surface area (TPSA) is 51.1 Å². The molecule has 3 aliphatic rings. The summed E-state index contributed by atoms with van der Waals surface area (Å²) in [6.07, 6.45) is 8.02. The van der Waals surface area contributed by atoms with Gasteiger partial charge < -0.3 is 15.5 Å². The molecule has 1 saturated carbocycles. The fourth-order valence-electron chi connectivity index (χ4n) is 5.18. The van der Waals surface area contributed by atoms with Crippen LogP contribution in [0, 0.1) is 5.41 Å². The van der Waals surface area contributed by atoms with E-state index in [2.05, 4.69) is 43.2 Å². The zero-order chi connectivity index (χ0) is 16.2. The molecular formula is C17H30N4S. The van der Waals surface area contributed by atoms with Crippen LogP contribution in [0.4, 0.5) is 0 Å². The van der Waals surface area contributed by atoms with Crippen LogP contribution in [0.5, 0.6) is 0 Å². The van der Waals surface area contributed by atoms with E-state index in [-0.39, 0.29) is 16.6 Å². The third kappa shape index (κ3) is 2.78. The minimum absolute atomic E-state index is 0.000756. The number of nitrogens with zero attached hydrogens (tertiary/aromatic N) is 1. The Balaban J connectivity index is 1.89. The summed E-state index contributed by atoms with van der Waals surface area (Å²) < 4.78 is 0. The van der Waals surface area contributed by atoms with Gasteiger partial charge in [-0.1, -0.05) is 19.3 Å². The van der Waals surface area contributed by atoms with Crippen LogP contribution < -0.4 is 10.6 Å². The molecule has 0 aromatic carbocycles. The van der Waals surface area contributed by atoms with Gasteiger partial charge in [0.25, 0.3) is 0 Å². The van der Waals surface area contributed by atoms with Crippen molar-refractivity contribution in [1.29, 1.82) is 5.41 Å². The third-order valence-corrected chi connectivity index (χ3v) is 5.66. The van der Waals surface area contributed by atoms with Crippen LogP contribution in [0.2, 0.25) is 0 Å². The van der Waals surface area contributed by atoms with Crippen molar-refractivity contribution in [3.8, 4) is 0 Å². The molecule has 0 aromatic heterocycles. The zero-order valence-electron chi connectivity index (χ0n) is 14.4. The molecule has 4 nitrogen and oxygen atoms in total. The first-order valence-electron chi connectivity index (χ1n) is 8.64. The van der Waals surface area contributed by atoms with Crippen LogP contribution >= 0.6 is 12.2 Å². The second-order valence-electron chi connectivity index (χ2n) is 8.77. The molecule has 3 rings (SSSR count). The quantitative estimate of drug-likeness (QED) is 0.649. The van der Waals surface area contributed by atoms with Crippen molar-refractivity contribution in [2.75, 3.05) is 0 Å². The molecule has 2 heterocycles. The number of nitrogens with one attached hydrogen (secondary N) is 3. The fourth-order valence-corrected chi connectivity index (χ4v) is 5.61. The molecule has 0 bridgehead atoms. The second-order valence-corrected chi connectivity index (χ2v) is 9.16. The number of amidine groups is 1. The monoisotopic (exact) mass is 322 g/mol. The number of piperidine rings is 1. The molecule has 2 saturated heterocycles. The van der Waals surface area contributed by atoms with Crippen molar-refractivity contribution in [1.82, 2.24) is 15.5 Å². The highest BCUT2D eigenvalue weighted by atomic mass is 32.1. The summed E-state index contributed by atoms with van der Waals surface area (Å²) >= 11 is 5.66. The normalized spacial score (nSPS) is 30.6. The van der Waals surface area contributed by atoms with Crippen molar-refractivity contribution < 1.29 is 0 Å². The Kier molecular flexibility index (Phi) is 3.80. The molecule has 3 fully saturated rings. The van der Waals surface area contributed by atoms with E-state index in [4.69, 9.17) is 17.6 Å². The number of rotatable bonds is 1. The first-order valence-corrected chi connectivity index (χ1v) is 9.05. The molecule has 1 aliphatic carbocycles. The molecule has 5 heteroatoms. The molecule has 22 heavy (non-hydrogen) atoms. The lowest BCUT2D eigenvalue weighted by atomic mass is 9.70. The Labute approximate surface area is 139 Å². The molecule has 0 atom stereocenters. The van der Waals surface area contributed by atoms with E-state index in [1.807, 2.05) is 0 Å². The average molecular weight is 323 g/mol. The smallest absolute Gasteiger partial charge is 0.175 e. The molecular weight excluding hydrogens is 292 g/mol. The van der Waals surface area contributed by atoms with Crippen molar-refractivity contribution in [2.24, 2.45) is 0 Å². The molecule has 1 spiro atoms. The highest BCUT2D eigenvalue weighted by Crippen LogP contribution is 2.41. The van der Waals surface area contributed by atoms with Gasteiger partial charge in [-0.15, -0.1) is 0 Å². The van der Waals surface area contributed by atoms with Crippen LogP contribution in [-0.4, -0.2) is 38.5 Å². The van der Waals surface area contributed by atoms with Crippen LogP contribution in [0.15, 0.2) is 0 Å². The van der Waals surface area contributed by atoms with E-state index < -0.39 is 0 Å². The summed E-state index contributed by atoms with van der Waals surface area (Å²) in [5.41, 5.74) is -0.300. The van der Waals surface area contributed by atoms with Gasteiger partial charge in [0.2, 0.25) is 0 Å². The molecule has 0 aromatic rings. The van der Waals surface area contributed by atoms with Crippen LogP contribution in [-0.2, 0) is 0 Å². The molecule has 2 aliphatic heterocycles. The zero-order valence-corrected chi connectivity index (χ0v) is 15.2. The molecule has 0 radical (unpaired) electrons. The van der Waals surface area contributed by atoms with Crippen molar-refractivity contribution in [3.63, 3.8) is 0 Å². The largest absolute Gasteiger partial charge is 0.349 e. The maximum Gasteiger partial charge on any atom is 0.175 e. The van der Waals surface area contributed by atoms with Gasteiger partial charge in [-0.2, -0.15) is 0 Å². The standard InChI is InChI=1S/C17H30N4S/c1-15(2)10-17(11-16(3,4)20-15)13(18)21(14(22)19-17)12-8-6-5-7-9-12/h12,18,20H,5-11H2,1-4H3,(H,19,22). The number of thiocarbonyl (C=S) groups is 1. The molecule has 124 valence electrons. The van der Waals surface area contributed by atoms with Gasteiger partial charge in [0.05, 0.1) is 0 Å². The lowest BCUT2D eigenvalue weighted by molar-refractivity contribution is 0.130. The minimum atomic E-state index is -0.299. The molecule has 0 amide bonds. The van der Waals surface area contributed by atoms with Gasteiger partial charge in [0.1, 0.15) is 11.4 Å². The Morgan fingerprint density at radius 2 is 1.59 bits per heavy atom. The van der Waals surface area contributed by atoms with Crippen LogP contribution in [0.1, 0.15) is 72.6 Å². The van der Waals surface area contributed by atoms with E-state index in [1.54, 1.807) is 0 Å². The van der Waals surface area contributed by atoms with Gasteiger partial charge in [0.15, 0.2) is 5.11 Å². The molecule has 0 unspecified atom stereocenters. The highest BCUT2D eigenvalue weighted by Gasteiger charge is 2.56. The van der Waals surface area contributed by atoms with E-state index in [0.29, 0.717) is 11.9 Å². The maximum absolute atomic E-state index is 8.92. The molecule has 3 N–H and O–H groups in total. The SMILES string of the molecule is CC1(C)CC2(CC(C)(C)N1)NC(=S)N(C1CCCCC1)C2=N. The second kappa shape index (κ2) is 5.17. The van der Waals surface area contributed by atoms with Gasteiger partial charge >= 0.3 is 0 Å². The first kappa shape index (κ1) is 16.2. The van der Waals surface area contributed by atoms with Gasteiger partial charge in [-0.05, 0) is 65.6 Å². The van der Waals surface area contributed by atoms with Crippen molar-refractivity contribution >= 4 is 23.2 Å². The van der Waals surface area contributed by atoms with Gasteiger partial charge in [0, 0.05) is 17.1 Å². The summed E-state index contributed by atoms with van der Waals surface area (Å²) in [6.45, 7) is 8.93. The summed E-state index contributed by atoms with van der Waals surface area (Å²) in [5, 5.41) is 17.0. The van der Waals surface area contributed by atoms with Crippen molar-refractivity contribution in [3.05, 3.63) is 0 Å². The lowest BCUT2D eigenvalue weighted by Crippen LogP contribution is -2.68. The Morgan fingerprint density at radius 1 is 1.05 bits per heavy atom. The summed E-state index contributed by atoms with van der Waals surface area (Å²) in [4.78, 5) is 2.14. The first-order chi connectivity index (χ1) is 10.1. The minimum Gasteiger partial charge on any atom is -0.349 e. The van der Waals surface area contributed by atoms with E-state index in [9.17, 15) is 0 Å². The summed E-state index contributed by atoms with van der Waals surface area (Å²) in [6, 6.07) is 0.432. The van der Waals surface area contributed by atoms with E-state index >= 15 is 0 Å². The van der Waals surface area contributed by atoms with Crippen molar-refractivity contribution in [2.45, 2.75) is 95.3 Å². The predicted molar refractivity (Wildman–Crippen MR) is 95.4 cm³/mol. The average Bonchev–Trinajstić information content (AvgIpc) is 2.57. The van der Waals surface area contributed by atoms with Gasteiger partial charge in [-0.3, -0.25) is 5.41 Å². The summed E-state index contributed by atoms with van der Waals surface area (Å²) in [7, 11) is 0. The number of hydrogen-bond donors (Lipinski definition) is 3. The summed E-state index contributed by atoms with van der Waals surface area (Å²) in [5.74, 6) is 0.715. The number of hydrogen-bond acceptors (Lipinski definition) is 3. The Hall–Kier alpha value is -0.680. The maximum atomic E-state index is 8.92. The van der Waals surface area contributed by atoms with E-state index in [0.717, 1.165) is 18.0 Å². The van der Waals surface area contributed by atoms with Crippen LogP contribution in [0.25, 0.3) is 0 Å². The highest BCUT2D eigenvalue weighted by molar-refractivity contribution is 7.80. The van der Waals surface area contributed by atoms with Crippen LogP contribution in [0.3, 0.4) is 0 Å². The predicted octanol–water partition coefficient (Wildman–Crippen LogP) is 3.17.